The largest absolute Gasteiger partial charge is 0.390 e. The molecule has 0 saturated heterocycles. The molecule has 0 heterocycles. The molecule has 0 unspecified atom stereocenters. The van der Waals surface area contributed by atoms with Gasteiger partial charge in [-0.25, -0.2) is 9.98 Å². The molecule has 0 bridgehead atoms. The number of carbonyl (C=O) groups is 2. The van der Waals surface area contributed by atoms with E-state index in [-0.39, 0.29) is 11.7 Å². The van der Waals surface area contributed by atoms with Crippen molar-refractivity contribution in [3.63, 3.8) is 0 Å². The summed E-state index contributed by atoms with van der Waals surface area (Å²) in [5.41, 5.74) is 6.61. The second kappa shape index (κ2) is 8.78. The number of rotatable bonds is 4. The van der Waals surface area contributed by atoms with Gasteiger partial charge in [-0.15, -0.1) is 0 Å². The van der Waals surface area contributed by atoms with Crippen molar-refractivity contribution in [1.82, 2.24) is 15.1 Å². The zero-order chi connectivity index (χ0) is 18.3. The Kier molecular flexibility index (Phi) is 7.06. The Bertz CT molecular complexity index is 634. The van der Waals surface area contributed by atoms with E-state index < -0.39 is 11.9 Å². The number of nitrogens with two attached hydrogens (primary N) is 1. The summed E-state index contributed by atoms with van der Waals surface area (Å²) in [6, 6.07) is 6.67. The van der Waals surface area contributed by atoms with E-state index in [0.29, 0.717) is 5.69 Å². The van der Waals surface area contributed by atoms with Gasteiger partial charge in [-0.1, -0.05) is 12.1 Å². The van der Waals surface area contributed by atoms with Crippen LogP contribution in [0.1, 0.15) is 11.6 Å². The summed E-state index contributed by atoms with van der Waals surface area (Å²) in [6.45, 7) is 0. The Morgan fingerprint density at radius 2 is 1.75 bits per heavy atom. The van der Waals surface area contributed by atoms with E-state index in [2.05, 4.69) is 15.3 Å². The van der Waals surface area contributed by atoms with Crippen molar-refractivity contribution in [2.24, 2.45) is 15.7 Å². The lowest BCUT2D eigenvalue weighted by atomic mass is 10.0. The monoisotopic (exact) mass is 332 g/mol. The number of likely N-dealkylation sites (N-methyl/N-ethyl adjacent to an activating group) is 3. The first-order chi connectivity index (χ1) is 11.3. The van der Waals surface area contributed by atoms with Crippen molar-refractivity contribution < 1.29 is 9.59 Å². The molecular formula is C16H24N6O2. The second-order valence-corrected chi connectivity index (χ2v) is 5.48. The standard InChI is InChI=1S/C16H24N6O2/c1-18-15(23)14(19-10-17)20-12-8-6-11(7-9-12)13(21(2)3)16(24)22(4)5/h6-10,13H,1-5H3,(H,18,23)(H2,17,19,20)/t13-/m0/s1. The van der Waals surface area contributed by atoms with Crippen LogP contribution in [0.4, 0.5) is 5.69 Å². The topological polar surface area (TPSA) is 103 Å². The smallest absolute Gasteiger partial charge is 0.288 e. The van der Waals surface area contributed by atoms with Gasteiger partial charge in [-0.05, 0) is 31.8 Å². The lowest BCUT2D eigenvalue weighted by molar-refractivity contribution is -0.133. The van der Waals surface area contributed by atoms with E-state index in [1.165, 1.54) is 7.05 Å². The van der Waals surface area contributed by atoms with Gasteiger partial charge in [0.15, 0.2) is 0 Å². The van der Waals surface area contributed by atoms with Crippen molar-refractivity contribution >= 4 is 29.7 Å². The van der Waals surface area contributed by atoms with E-state index in [0.717, 1.165) is 11.9 Å². The fraction of sp³-hybridized carbons (Fsp3) is 0.375. The summed E-state index contributed by atoms with van der Waals surface area (Å²) in [4.78, 5) is 35.3. The number of aliphatic imine (C=N–C) groups is 2. The third-order valence-electron chi connectivity index (χ3n) is 3.26. The summed E-state index contributed by atoms with van der Waals surface area (Å²) in [6.07, 6.45) is 1.01. The maximum Gasteiger partial charge on any atom is 0.288 e. The van der Waals surface area contributed by atoms with Gasteiger partial charge in [-0.2, -0.15) is 0 Å². The molecule has 3 N–H and O–H groups in total. The third-order valence-corrected chi connectivity index (χ3v) is 3.26. The zero-order valence-corrected chi connectivity index (χ0v) is 14.6. The molecule has 1 aromatic carbocycles. The highest BCUT2D eigenvalue weighted by Crippen LogP contribution is 2.23. The Balaban J connectivity index is 3.15. The second-order valence-electron chi connectivity index (χ2n) is 5.48. The minimum absolute atomic E-state index is 0.0185. The molecule has 0 aliphatic rings. The Labute approximate surface area is 142 Å². The van der Waals surface area contributed by atoms with E-state index in [1.54, 1.807) is 43.3 Å². The Hall–Kier alpha value is -2.74. The SMILES string of the molecule is CNC(=O)C(N=CN)=Nc1ccc([C@@H](C(=O)N(C)C)N(C)C)cc1. The first kappa shape index (κ1) is 19.3. The average Bonchev–Trinajstić information content (AvgIpc) is 2.54. The van der Waals surface area contributed by atoms with E-state index in [4.69, 9.17) is 5.73 Å². The average molecular weight is 332 g/mol. The fourth-order valence-corrected chi connectivity index (χ4v) is 2.08. The highest BCUT2D eigenvalue weighted by atomic mass is 16.2. The molecule has 2 amide bonds. The van der Waals surface area contributed by atoms with Crippen molar-refractivity contribution in [1.29, 1.82) is 0 Å². The maximum absolute atomic E-state index is 12.3. The summed E-state index contributed by atoms with van der Waals surface area (Å²) in [7, 11) is 8.62. The number of hydrogen-bond donors (Lipinski definition) is 2. The molecule has 0 spiro atoms. The number of amides is 2. The van der Waals surface area contributed by atoms with Gasteiger partial charge in [0.2, 0.25) is 11.7 Å². The fourth-order valence-electron chi connectivity index (χ4n) is 2.08. The van der Waals surface area contributed by atoms with E-state index in [1.807, 2.05) is 19.0 Å². The molecular weight excluding hydrogens is 308 g/mol. The highest BCUT2D eigenvalue weighted by Gasteiger charge is 2.24. The summed E-state index contributed by atoms with van der Waals surface area (Å²) in [5.74, 6) is -0.494. The van der Waals surface area contributed by atoms with E-state index in [9.17, 15) is 9.59 Å². The van der Waals surface area contributed by atoms with Gasteiger partial charge in [-0.3, -0.25) is 14.5 Å². The minimum atomic E-state index is -0.435. The van der Waals surface area contributed by atoms with Crippen LogP contribution in [0, 0.1) is 0 Å². The molecule has 0 aromatic heterocycles. The zero-order valence-electron chi connectivity index (χ0n) is 14.6. The number of nitrogens with zero attached hydrogens (tertiary/aromatic N) is 4. The third kappa shape index (κ3) is 4.88. The van der Waals surface area contributed by atoms with Gasteiger partial charge < -0.3 is 16.0 Å². The molecule has 1 atom stereocenters. The van der Waals surface area contributed by atoms with Crippen LogP contribution in [0.3, 0.4) is 0 Å². The van der Waals surface area contributed by atoms with Gasteiger partial charge in [0.1, 0.15) is 6.04 Å². The number of amidine groups is 1. The summed E-state index contributed by atoms with van der Waals surface area (Å²) >= 11 is 0. The molecule has 0 aliphatic heterocycles. The number of hydrogen-bond acceptors (Lipinski definition) is 4. The van der Waals surface area contributed by atoms with Crippen molar-refractivity contribution in [2.45, 2.75) is 6.04 Å². The molecule has 130 valence electrons. The van der Waals surface area contributed by atoms with Crippen LogP contribution < -0.4 is 11.1 Å². The van der Waals surface area contributed by atoms with Crippen LogP contribution in [0.2, 0.25) is 0 Å². The van der Waals surface area contributed by atoms with E-state index >= 15 is 0 Å². The molecule has 0 aliphatic carbocycles. The van der Waals surface area contributed by atoms with Crippen LogP contribution in [0.5, 0.6) is 0 Å². The quantitative estimate of drug-likeness (QED) is 0.604. The molecule has 1 aromatic rings. The summed E-state index contributed by atoms with van der Waals surface area (Å²) < 4.78 is 0. The molecule has 0 radical (unpaired) electrons. The van der Waals surface area contributed by atoms with Crippen LogP contribution in [0.15, 0.2) is 34.3 Å². The maximum atomic E-state index is 12.3. The molecule has 8 nitrogen and oxygen atoms in total. The van der Waals surface area contributed by atoms with Gasteiger partial charge in [0.25, 0.3) is 5.91 Å². The first-order valence-electron chi connectivity index (χ1n) is 7.34. The highest BCUT2D eigenvalue weighted by molar-refractivity contribution is 6.39. The molecule has 24 heavy (non-hydrogen) atoms. The van der Waals surface area contributed by atoms with Crippen LogP contribution in [-0.2, 0) is 9.59 Å². The predicted octanol–water partition coefficient (Wildman–Crippen LogP) is 0.141. The number of benzene rings is 1. The minimum Gasteiger partial charge on any atom is -0.390 e. The van der Waals surface area contributed by atoms with Gasteiger partial charge in [0, 0.05) is 21.1 Å². The molecule has 1 rings (SSSR count). The van der Waals surface area contributed by atoms with Crippen molar-refractivity contribution in [3.8, 4) is 0 Å². The normalized spacial score (nSPS) is 13.2. The van der Waals surface area contributed by atoms with Crippen molar-refractivity contribution in [3.05, 3.63) is 29.8 Å². The van der Waals surface area contributed by atoms with Gasteiger partial charge in [0.05, 0.1) is 12.0 Å². The lowest BCUT2D eigenvalue weighted by Gasteiger charge is -2.26. The van der Waals surface area contributed by atoms with Gasteiger partial charge >= 0.3 is 0 Å². The first-order valence-corrected chi connectivity index (χ1v) is 7.34. The predicted molar refractivity (Wildman–Crippen MR) is 95.4 cm³/mol. The summed E-state index contributed by atoms with van der Waals surface area (Å²) in [5, 5.41) is 2.45. The Morgan fingerprint density at radius 1 is 1.17 bits per heavy atom. The van der Waals surface area contributed by atoms with Crippen LogP contribution in [0.25, 0.3) is 0 Å². The molecule has 8 heteroatoms. The number of nitrogens with one attached hydrogen (secondary N) is 1. The Morgan fingerprint density at radius 3 is 2.17 bits per heavy atom. The lowest BCUT2D eigenvalue weighted by Crippen LogP contribution is -2.36. The van der Waals surface area contributed by atoms with Crippen molar-refractivity contribution in [2.75, 3.05) is 35.2 Å². The van der Waals surface area contributed by atoms with Crippen LogP contribution >= 0.6 is 0 Å². The van der Waals surface area contributed by atoms with Crippen LogP contribution in [-0.4, -0.2) is 69.0 Å². The number of carbonyl (C=O) groups excluding carboxylic acids is 2. The molecule has 0 fully saturated rings. The molecule has 0 saturated carbocycles.